The molecule has 3 N–H and O–H groups in total. The zero-order chi connectivity index (χ0) is 15.6. The van der Waals surface area contributed by atoms with Crippen LogP contribution in [0.15, 0.2) is 17.0 Å². The summed E-state index contributed by atoms with van der Waals surface area (Å²) in [6, 6.07) is 2.26. The number of hydrogen-bond donors (Lipinski definition) is 2. The van der Waals surface area contributed by atoms with Gasteiger partial charge in [0.2, 0.25) is 10.0 Å². The average Bonchev–Trinajstić information content (AvgIpc) is 2.82. The van der Waals surface area contributed by atoms with Gasteiger partial charge in [-0.05, 0) is 44.1 Å². The third kappa shape index (κ3) is 3.90. The van der Waals surface area contributed by atoms with Gasteiger partial charge in [-0.3, -0.25) is 0 Å². The minimum absolute atomic E-state index is 0.0790. The fraction of sp³-hybridized carbons (Fsp3) is 0.571. The number of rotatable bonds is 5. The summed E-state index contributed by atoms with van der Waals surface area (Å²) in [5, 5.41) is 0.502. The molecule has 1 aromatic rings. The van der Waals surface area contributed by atoms with Crippen LogP contribution >= 0.6 is 11.8 Å². The molecule has 118 valence electrons. The number of nitrogen functional groups attached to an aromatic ring is 1. The van der Waals surface area contributed by atoms with Crippen molar-refractivity contribution in [2.75, 3.05) is 11.5 Å². The van der Waals surface area contributed by atoms with Crippen LogP contribution in [0.3, 0.4) is 0 Å². The molecule has 1 saturated carbocycles. The van der Waals surface area contributed by atoms with Crippen LogP contribution in [0.5, 0.6) is 0 Å². The van der Waals surface area contributed by atoms with Gasteiger partial charge in [-0.1, -0.05) is 6.92 Å². The molecule has 0 aliphatic heterocycles. The predicted molar refractivity (Wildman–Crippen MR) is 85.4 cm³/mol. The maximum atomic E-state index is 13.7. The van der Waals surface area contributed by atoms with Gasteiger partial charge < -0.3 is 5.73 Å². The fourth-order valence-electron chi connectivity index (χ4n) is 2.55. The predicted octanol–water partition coefficient (Wildman–Crippen LogP) is 2.67. The number of thioether (sulfide) groups is 1. The lowest BCUT2D eigenvalue weighted by Crippen LogP contribution is -2.33. The smallest absolute Gasteiger partial charge is 0.240 e. The van der Waals surface area contributed by atoms with E-state index in [1.165, 1.54) is 13.0 Å². The van der Waals surface area contributed by atoms with Crippen molar-refractivity contribution < 1.29 is 12.8 Å². The number of benzene rings is 1. The van der Waals surface area contributed by atoms with E-state index in [2.05, 4.69) is 11.6 Å². The molecule has 0 radical (unpaired) electrons. The van der Waals surface area contributed by atoms with Crippen molar-refractivity contribution in [3.63, 3.8) is 0 Å². The Morgan fingerprint density at radius 3 is 2.76 bits per heavy atom. The zero-order valence-corrected chi connectivity index (χ0v) is 13.9. The van der Waals surface area contributed by atoms with Crippen LogP contribution in [0.1, 0.15) is 31.7 Å². The summed E-state index contributed by atoms with van der Waals surface area (Å²) in [5.41, 5.74) is 6.08. The summed E-state index contributed by atoms with van der Waals surface area (Å²) < 4.78 is 41.0. The summed E-state index contributed by atoms with van der Waals surface area (Å²) >= 11 is 1.86. The number of hydrogen-bond acceptors (Lipinski definition) is 4. The van der Waals surface area contributed by atoms with Gasteiger partial charge in [0.15, 0.2) is 0 Å². The Balaban J connectivity index is 2.13. The van der Waals surface area contributed by atoms with E-state index >= 15 is 0 Å². The van der Waals surface area contributed by atoms with Gasteiger partial charge >= 0.3 is 0 Å². The Labute approximate surface area is 129 Å². The Morgan fingerprint density at radius 2 is 2.14 bits per heavy atom. The van der Waals surface area contributed by atoms with Crippen LogP contribution in [-0.4, -0.2) is 25.5 Å². The van der Waals surface area contributed by atoms with Gasteiger partial charge in [-0.25, -0.2) is 17.5 Å². The van der Waals surface area contributed by atoms with E-state index in [1.807, 2.05) is 11.8 Å². The number of nitrogens with one attached hydrogen (secondary N) is 1. The zero-order valence-electron chi connectivity index (χ0n) is 12.2. The second-order valence-electron chi connectivity index (χ2n) is 5.33. The Kier molecular flexibility index (Phi) is 5.16. The van der Waals surface area contributed by atoms with Gasteiger partial charge in [-0.2, -0.15) is 11.8 Å². The van der Waals surface area contributed by atoms with Gasteiger partial charge in [0.25, 0.3) is 0 Å². The summed E-state index contributed by atoms with van der Waals surface area (Å²) in [6.45, 7) is 3.62. The van der Waals surface area contributed by atoms with Crippen molar-refractivity contribution in [1.82, 2.24) is 4.72 Å². The van der Waals surface area contributed by atoms with Crippen LogP contribution in [-0.2, 0) is 10.0 Å². The van der Waals surface area contributed by atoms with E-state index in [0.29, 0.717) is 5.25 Å². The molecule has 1 aromatic carbocycles. The molecule has 2 rings (SSSR count). The summed E-state index contributed by atoms with van der Waals surface area (Å²) in [7, 11) is -3.72. The molecular formula is C14H21FN2O2S2. The normalized spacial score (nSPS) is 22.6. The summed E-state index contributed by atoms with van der Waals surface area (Å²) in [5.74, 6) is 0.435. The van der Waals surface area contributed by atoms with Crippen molar-refractivity contribution in [3.05, 3.63) is 23.5 Å². The highest BCUT2D eigenvalue weighted by Crippen LogP contribution is 2.31. The van der Waals surface area contributed by atoms with Crippen LogP contribution in [0.25, 0.3) is 0 Å². The summed E-state index contributed by atoms with van der Waals surface area (Å²) in [6.07, 6.45) is 2.65. The quantitative estimate of drug-likeness (QED) is 0.813. The maximum Gasteiger partial charge on any atom is 0.240 e. The van der Waals surface area contributed by atoms with Crippen molar-refractivity contribution in [3.8, 4) is 0 Å². The SMILES string of the molecule is CCSC1CCC(NS(=O)(=O)c2cc(N)c(C)c(F)c2)C1. The molecule has 2 atom stereocenters. The molecule has 1 aliphatic rings. The highest BCUT2D eigenvalue weighted by Gasteiger charge is 2.29. The van der Waals surface area contributed by atoms with Crippen molar-refractivity contribution >= 4 is 27.5 Å². The molecule has 0 heterocycles. The van der Waals surface area contributed by atoms with Crippen LogP contribution in [0.4, 0.5) is 10.1 Å². The third-order valence-electron chi connectivity index (χ3n) is 3.78. The molecule has 0 amide bonds. The molecule has 0 bridgehead atoms. The largest absolute Gasteiger partial charge is 0.398 e. The topological polar surface area (TPSA) is 72.2 Å². The standard InChI is InChI=1S/C14H21FN2O2S2/c1-3-20-11-5-4-10(6-11)17-21(18,19)12-7-13(15)9(2)14(16)8-12/h7-8,10-11,17H,3-6,16H2,1-2H3. The van der Waals surface area contributed by atoms with Crippen LogP contribution in [0.2, 0.25) is 0 Å². The molecule has 0 spiro atoms. The first kappa shape index (κ1) is 16.6. The molecule has 1 fully saturated rings. The van der Waals surface area contributed by atoms with Gasteiger partial charge in [0, 0.05) is 22.5 Å². The van der Waals surface area contributed by atoms with E-state index < -0.39 is 15.8 Å². The Bertz CT molecular complexity index is 596. The van der Waals surface area contributed by atoms with E-state index in [9.17, 15) is 12.8 Å². The van der Waals surface area contributed by atoms with Gasteiger partial charge in [0.1, 0.15) is 5.82 Å². The number of sulfonamides is 1. The highest BCUT2D eigenvalue weighted by molar-refractivity contribution is 7.99. The lowest BCUT2D eigenvalue weighted by molar-refractivity contribution is 0.550. The first-order valence-electron chi connectivity index (χ1n) is 7.03. The van der Waals surface area contributed by atoms with Crippen LogP contribution < -0.4 is 10.5 Å². The van der Waals surface area contributed by atoms with E-state index in [4.69, 9.17) is 5.73 Å². The average molecular weight is 332 g/mol. The van der Waals surface area contributed by atoms with Crippen molar-refractivity contribution in [1.29, 1.82) is 0 Å². The third-order valence-corrected chi connectivity index (χ3v) is 6.51. The molecule has 21 heavy (non-hydrogen) atoms. The Morgan fingerprint density at radius 1 is 1.43 bits per heavy atom. The highest BCUT2D eigenvalue weighted by atomic mass is 32.2. The first-order valence-corrected chi connectivity index (χ1v) is 9.56. The fourth-order valence-corrected chi connectivity index (χ4v) is 5.02. The van der Waals surface area contributed by atoms with E-state index in [1.54, 1.807) is 0 Å². The van der Waals surface area contributed by atoms with Crippen molar-refractivity contribution in [2.24, 2.45) is 0 Å². The monoisotopic (exact) mass is 332 g/mol. The molecule has 4 nitrogen and oxygen atoms in total. The molecule has 2 unspecified atom stereocenters. The first-order chi connectivity index (χ1) is 9.83. The van der Waals surface area contributed by atoms with E-state index in [-0.39, 0.29) is 22.2 Å². The van der Waals surface area contributed by atoms with Crippen molar-refractivity contribution in [2.45, 2.75) is 49.3 Å². The molecule has 7 heteroatoms. The van der Waals surface area contributed by atoms with E-state index in [0.717, 1.165) is 31.1 Å². The second-order valence-corrected chi connectivity index (χ2v) is 8.62. The lowest BCUT2D eigenvalue weighted by Gasteiger charge is -2.14. The summed E-state index contributed by atoms with van der Waals surface area (Å²) in [4.78, 5) is -0.102. The Hall–Kier alpha value is -0.790. The number of nitrogens with two attached hydrogens (primary N) is 1. The minimum Gasteiger partial charge on any atom is -0.398 e. The number of halogens is 1. The molecule has 0 aromatic heterocycles. The van der Waals surface area contributed by atoms with Crippen LogP contribution in [0, 0.1) is 12.7 Å². The minimum atomic E-state index is -3.72. The van der Waals surface area contributed by atoms with Gasteiger partial charge in [-0.15, -0.1) is 0 Å². The molecule has 1 aliphatic carbocycles. The molecular weight excluding hydrogens is 311 g/mol. The second kappa shape index (κ2) is 6.54. The number of anilines is 1. The lowest BCUT2D eigenvalue weighted by atomic mass is 10.2. The van der Waals surface area contributed by atoms with Gasteiger partial charge in [0.05, 0.1) is 4.90 Å². The maximum absolute atomic E-state index is 13.7. The molecule has 0 saturated heterocycles.